The molecule has 6 aromatic rings. The number of carbonyl (C=O) groups is 1. The van der Waals surface area contributed by atoms with Gasteiger partial charge in [0.2, 0.25) is 0 Å². The molecule has 0 spiro atoms. The molecule has 0 aliphatic carbocycles. The maximum absolute atomic E-state index is 13.9. The van der Waals surface area contributed by atoms with E-state index in [1.165, 1.54) is 12.1 Å². The maximum atomic E-state index is 13.9. The van der Waals surface area contributed by atoms with Crippen molar-refractivity contribution in [3.63, 3.8) is 0 Å². The van der Waals surface area contributed by atoms with Gasteiger partial charge in [0.15, 0.2) is 0 Å². The molecule has 0 radical (unpaired) electrons. The zero-order chi connectivity index (χ0) is 43.2. The van der Waals surface area contributed by atoms with Crippen LogP contribution in [0.15, 0.2) is 125 Å². The first kappa shape index (κ1) is 43.5. The van der Waals surface area contributed by atoms with Crippen LogP contribution in [0.2, 0.25) is 5.02 Å². The van der Waals surface area contributed by atoms with E-state index < -0.39 is 46.8 Å². The summed E-state index contributed by atoms with van der Waals surface area (Å²) in [6, 6.07) is 29.3. The smallest absolute Gasteiger partial charge is 0.456 e. The topological polar surface area (TPSA) is 168 Å². The molecule has 2 heterocycles. The van der Waals surface area contributed by atoms with Crippen LogP contribution in [0.4, 0.5) is 24.5 Å². The summed E-state index contributed by atoms with van der Waals surface area (Å²) >= 11 is 6.09. The standard InChI is InChI=1S/C43H41ClF3N5O7S2/c44-31-10-8-29(9-11-31)34-5-2-1-4-30(34)27-48-20-21-49-32-12-14-36(40(24-32)59-39-7-3-6-37-35(39)16-19-50-37)42(53)52-61(56,57)33-13-15-38(51-26-28-17-22-58-23-18-28)41(25-33)60(54,55)43(45,46)47/h1-16,19,24-25,28,48-51H,17-18,20-23,26-27H2,(H,52,53). The first-order chi connectivity index (χ1) is 29.2. The number of H-pyrrole nitrogens is 1. The lowest BCUT2D eigenvalue weighted by molar-refractivity contribution is -0.0435. The predicted octanol–water partition coefficient (Wildman–Crippen LogP) is 8.73. The number of aromatic nitrogens is 1. The van der Waals surface area contributed by atoms with Gasteiger partial charge in [-0.3, -0.25) is 4.79 Å². The van der Waals surface area contributed by atoms with Gasteiger partial charge in [-0.1, -0.05) is 54.1 Å². The summed E-state index contributed by atoms with van der Waals surface area (Å²) in [5, 5.41) is 10.8. The average Bonchev–Trinajstić information content (AvgIpc) is 3.73. The second-order valence-corrected chi connectivity index (χ2v) is 18.3. The summed E-state index contributed by atoms with van der Waals surface area (Å²) in [4.78, 5) is 14.7. The average molecular weight is 896 g/mol. The molecule has 61 heavy (non-hydrogen) atoms. The van der Waals surface area contributed by atoms with Crippen molar-refractivity contribution in [3.8, 4) is 22.6 Å². The minimum absolute atomic E-state index is 0.00809. The summed E-state index contributed by atoms with van der Waals surface area (Å²) in [7, 11) is -11.0. The number of sulfone groups is 1. The van der Waals surface area contributed by atoms with Crippen molar-refractivity contribution in [3.05, 3.63) is 132 Å². The van der Waals surface area contributed by atoms with Crippen molar-refractivity contribution in [1.82, 2.24) is 15.0 Å². The number of carbonyl (C=O) groups excluding carboxylic acids is 1. The Balaban J connectivity index is 1.10. The van der Waals surface area contributed by atoms with Gasteiger partial charge >= 0.3 is 5.51 Å². The Labute approximate surface area is 355 Å². The van der Waals surface area contributed by atoms with Crippen LogP contribution in [0.3, 0.4) is 0 Å². The molecule has 320 valence electrons. The molecule has 1 aliphatic rings. The lowest BCUT2D eigenvalue weighted by atomic mass is 10.00. The third-order valence-corrected chi connectivity index (χ3v) is 13.2. The van der Waals surface area contributed by atoms with Crippen LogP contribution in [-0.2, 0) is 31.1 Å². The second-order valence-electron chi connectivity index (χ2n) is 14.3. The van der Waals surface area contributed by atoms with Crippen LogP contribution in [0, 0.1) is 5.92 Å². The van der Waals surface area contributed by atoms with Gasteiger partial charge in [0.25, 0.3) is 25.8 Å². The normalized spacial score (nSPS) is 13.8. The van der Waals surface area contributed by atoms with E-state index in [4.69, 9.17) is 21.1 Å². The van der Waals surface area contributed by atoms with Crippen molar-refractivity contribution in [1.29, 1.82) is 0 Å². The molecule has 0 bridgehead atoms. The van der Waals surface area contributed by atoms with Gasteiger partial charge in [0.05, 0.1) is 16.1 Å². The van der Waals surface area contributed by atoms with Crippen LogP contribution in [0.25, 0.3) is 22.0 Å². The number of halogens is 4. The van der Waals surface area contributed by atoms with Crippen LogP contribution in [-0.4, -0.2) is 66.1 Å². The number of hydrogen-bond donors (Lipinski definition) is 5. The van der Waals surface area contributed by atoms with Crippen LogP contribution in [0.1, 0.15) is 28.8 Å². The summed E-state index contributed by atoms with van der Waals surface area (Å²) in [5.41, 5.74) is -1.94. The highest BCUT2D eigenvalue weighted by atomic mass is 35.5. The molecule has 0 saturated carbocycles. The van der Waals surface area contributed by atoms with Gasteiger partial charge in [0.1, 0.15) is 16.4 Å². The number of alkyl halides is 3. The lowest BCUT2D eigenvalue weighted by Gasteiger charge is -2.23. The van der Waals surface area contributed by atoms with Gasteiger partial charge in [-0.25, -0.2) is 21.6 Å². The molecule has 1 amide bonds. The lowest BCUT2D eigenvalue weighted by Crippen LogP contribution is -2.31. The van der Waals surface area contributed by atoms with E-state index >= 15 is 0 Å². The Morgan fingerprint density at radius 3 is 2.38 bits per heavy atom. The number of sulfonamides is 1. The third kappa shape index (κ3) is 10.3. The molecular formula is C43H41ClF3N5O7S2. The van der Waals surface area contributed by atoms with E-state index in [-0.39, 0.29) is 23.8 Å². The third-order valence-electron chi connectivity index (χ3n) is 10.1. The SMILES string of the molecule is O=C(NS(=O)(=O)c1ccc(NCC2CCOCC2)c(S(=O)(=O)C(F)(F)F)c1)c1ccc(NCCNCc2ccccc2-c2ccc(Cl)cc2)cc1Oc1cccc2[nH]ccc12. The highest BCUT2D eigenvalue weighted by molar-refractivity contribution is 7.92. The fraction of sp³-hybridized carbons (Fsp3) is 0.233. The van der Waals surface area contributed by atoms with E-state index in [0.717, 1.165) is 34.3 Å². The van der Waals surface area contributed by atoms with Crippen LogP contribution < -0.4 is 25.4 Å². The molecule has 0 unspecified atom stereocenters. The zero-order valence-electron chi connectivity index (χ0n) is 32.4. The van der Waals surface area contributed by atoms with Crippen LogP contribution >= 0.6 is 11.6 Å². The van der Waals surface area contributed by atoms with Crippen molar-refractivity contribution >= 4 is 59.6 Å². The number of ether oxygens (including phenoxy) is 2. The molecule has 18 heteroatoms. The van der Waals surface area contributed by atoms with Gasteiger partial charge in [0, 0.05) is 73.3 Å². The quantitative estimate of drug-likeness (QED) is 0.0593. The summed E-state index contributed by atoms with van der Waals surface area (Å²) < 4.78 is 108. The second kappa shape index (κ2) is 18.6. The maximum Gasteiger partial charge on any atom is 0.501 e. The van der Waals surface area contributed by atoms with Gasteiger partial charge in [-0.05, 0) is 96.1 Å². The Morgan fingerprint density at radius 1 is 0.836 bits per heavy atom. The highest BCUT2D eigenvalue weighted by Crippen LogP contribution is 2.37. The highest BCUT2D eigenvalue weighted by Gasteiger charge is 2.48. The molecule has 1 aromatic heterocycles. The number of amides is 1. The molecule has 5 aromatic carbocycles. The summed E-state index contributed by atoms with van der Waals surface area (Å²) in [6.07, 6.45) is 2.92. The Morgan fingerprint density at radius 2 is 1.61 bits per heavy atom. The first-order valence-corrected chi connectivity index (χ1v) is 22.5. The number of fused-ring (bicyclic) bond motifs is 1. The zero-order valence-corrected chi connectivity index (χ0v) is 34.8. The summed E-state index contributed by atoms with van der Waals surface area (Å²) in [5.74, 6) is -0.874. The Hall–Kier alpha value is -5.59. The monoisotopic (exact) mass is 895 g/mol. The first-order valence-electron chi connectivity index (χ1n) is 19.2. The molecule has 5 N–H and O–H groups in total. The van der Waals surface area contributed by atoms with E-state index in [1.54, 1.807) is 30.5 Å². The summed E-state index contributed by atoms with van der Waals surface area (Å²) in [6.45, 7) is 2.58. The largest absolute Gasteiger partial charge is 0.501 e. The van der Waals surface area contributed by atoms with Crippen molar-refractivity contribution in [2.24, 2.45) is 5.92 Å². The van der Waals surface area contributed by atoms with Gasteiger partial charge < -0.3 is 30.4 Å². The van der Waals surface area contributed by atoms with Crippen molar-refractivity contribution in [2.45, 2.75) is 34.7 Å². The minimum atomic E-state index is -6.03. The Kier molecular flexibility index (Phi) is 13.2. The fourth-order valence-corrected chi connectivity index (χ4v) is 9.03. The van der Waals surface area contributed by atoms with Gasteiger partial charge in [-0.2, -0.15) is 13.2 Å². The van der Waals surface area contributed by atoms with E-state index in [9.17, 15) is 34.8 Å². The molecule has 12 nitrogen and oxygen atoms in total. The number of aromatic amines is 1. The molecule has 7 rings (SSSR count). The number of benzene rings is 5. The number of anilines is 2. The van der Waals surface area contributed by atoms with E-state index in [2.05, 4.69) is 20.9 Å². The molecule has 1 saturated heterocycles. The molecule has 0 atom stereocenters. The van der Waals surface area contributed by atoms with E-state index in [1.807, 2.05) is 59.3 Å². The predicted molar refractivity (Wildman–Crippen MR) is 228 cm³/mol. The fourth-order valence-electron chi connectivity index (χ4n) is 6.88. The number of nitrogens with one attached hydrogen (secondary N) is 5. The van der Waals surface area contributed by atoms with Crippen molar-refractivity contribution in [2.75, 3.05) is 43.5 Å². The Bertz CT molecular complexity index is 2740. The number of rotatable bonds is 16. The molecule has 1 aliphatic heterocycles. The minimum Gasteiger partial charge on any atom is -0.456 e. The van der Waals surface area contributed by atoms with Gasteiger partial charge in [-0.15, -0.1) is 0 Å². The molecular weight excluding hydrogens is 855 g/mol. The van der Waals surface area contributed by atoms with Crippen LogP contribution in [0.5, 0.6) is 11.5 Å². The van der Waals surface area contributed by atoms with Crippen molar-refractivity contribution < 1.29 is 44.3 Å². The van der Waals surface area contributed by atoms with E-state index in [0.29, 0.717) is 73.6 Å². The number of hydrogen-bond acceptors (Lipinski definition) is 10. The molecule has 1 fully saturated rings.